The van der Waals surface area contributed by atoms with Crippen molar-refractivity contribution in [2.24, 2.45) is 0 Å². The van der Waals surface area contributed by atoms with Crippen molar-refractivity contribution in [3.63, 3.8) is 0 Å². The summed E-state index contributed by atoms with van der Waals surface area (Å²) in [5, 5.41) is 0. The van der Waals surface area contributed by atoms with E-state index >= 15 is 0 Å². The third kappa shape index (κ3) is 5.44. The van der Waals surface area contributed by atoms with Crippen LogP contribution in [0.1, 0.15) is 58.4 Å². The molecular weight excluding hydrogens is 509 g/mol. The molecule has 0 heterocycles. The molecule has 190 valence electrons. The van der Waals surface area contributed by atoms with E-state index in [-0.39, 0.29) is 0 Å². The van der Waals surface area contributed by atoms with E-state index in [2.05, 4.69) is 114 Å². The first-order valence-electron chi connectivity index (χ1n) is 13.5. The van der Waals surface area contributed by atoms with Gasteiger partial charge in [0.05, 0.1) is 0 Å². The Bertz CT molecular complexity index is 1320. The Morgan fingerprint density at radius 2 is 0.838 bits per heavy atom. The van der Waals surface area contributed by atoms with E-state index in [0.717, 1.165) is 13.2 Å². The Hall–Kier alpha value is -2.75. The predicted octanol–water partition coefficient (Wildman–Crippen LogP) is 7.02. The van der Waals surface area contributed by atoms with Crippen LogP contribution in [0.5, 0.6) is 0 Å². The summed E-state index contributed by atoms with van der Waals surface area (Å²) in [6, 6.07) is 27.7. The van der Waals surface area contributed by atoms with Crippen molar-refractivity contribution in [2.45, 2.75) is 55.4 Å². The molecule has 4 aromatic carbocycles. The van der Waals surface area contributed by atoms with Crippen LogP contribution >= 0.6 is 0 Å². The molecule has 0 bridgehead atoms. The normalized spacial score (nSPS) is 11.5. The van der Waals surface area contributed by atoms with Gasteiger partial charge in [0.2, 0.25) is 0 Å². The summed E-state index contributed by atoms with van der Waals surface area (Å²) in [5.74, 6) is 0. The van der Waals surface area contributed by atoms with Gasteiger partial charge in [-0.2, -0.15) is 0 Å². The van der Waals surface area contributed by atoms with Crippen molar-refractivity contribution < 1.29 is 4.74 Å². The standard InChI is InChI=1S/C31H30Ge.C4H10O/c1-19-15-21(3)29(22(4)16-19)32(30-23(5)17-20(2)18-24(30)6)31-27-13-9-7-11-25(27)26-12-8-10-14-28(26)31;1-3-5-4-2/h7-18H,1-6H3;3-4H2,1-2H3. The monoisotopic (exact) mass is 550 g/mol. The molecule has 0 N–H and O–H groups in total. The summed E-state index contributed by atoms with van der Waals surface area (Å²) in [7, 11) is 0. The number of aryl methyl sites for hydroxylation is 6. The van der Waals surface area contributed by atoms with Gasteiger partial charge < -0.3 is 4.74 Å². The minimum atomic E-state index is -2.15. The van der Waals surface area contributed by atoms with Crippen molar-refractivity contribution in [2.75, 3.05) is 13.2 Å². The average Bonchev–Trinajstić information content (AvgIpc) is 3.17. The number of ether oxygens (including phenoxy) is 1. The molecule has 0 amide bonds. The molecule has 2 heteroatoms. The molecule has 0 fully saturated rings. The summed E-state index contributed by atoms with van der Waals surface area (Å²) in [5.41, 5.74) is 14.2. The molecule has 37 heavy (non-hydrogen) atoms. The van der Waals surface area contributed by atoms with Crippen LogP contribution in [0.3, 0.4) is 0 Å². The van der Waals surface area contributed by atoms with Crippen LogP contribution < -0.4 is 8.79 Å². The maximum atomic E-state index is 4.83. The summed E-state index contributed by atoms with van der Waals surface area (Å²) in [6.07, 6.45) is 0. The van der Waals surface area contributed by atoms with Gasteiger partial charge in [-0.15, -0.1) is 0 Å². The SMILES string of the molecule is CCOCC.Cc1cc(C)[c]([Ge](=[C]2c3ccccc3-c3ccccc32)[c]2c(C)cc(C)cc2C)c(C)c1. The van der Waals surface area contributed by atoms with Crippen LogP contribution in [0.4, 0.5) is 0 Å². The fraction of sp³-hybridized carbons (Fsp3) is 0.286. The van der Waals surface area contributed by atoms with Gasteiger partial charge in [-0.3, -0.25) is 0 Å². The first-order valence-corrected chi connectivity index (χ1v) is 16.6. The van der Waals surface area contributed by atoms with Crippen LogP contribution in [-0.2, 0) is 4.74 Å². The van der Waals surface area contributed by atoms with E-state index in [9.17, 15) is 0 Å². The Balaban J connectivity index is 0.000000586. The molecule has 4 aromatic rings. The zero-order valence-electron chi connectivity index (χ0n) is 23.8. The third-order valence-corrected chi connectivity index (χ3v) is 14.8. The number of hydrogen-bond acceptors (Lipinski definition) is 1. The van der Waals surface area contributed by atoms with Crippen LogP contribution in [0.2, 0.25) is 0 Å². The van der Waals surface area contributed by atoms with Crippen molar-refractivity contribution in [1.82, 2.24) is 0 Å². The third-order valence-electron chi connectivity index (χ3n) is 7.20. The van der Waals surface area contributed by atoms with Crippen molar-refractivity contribution >= 4 is 27.1 Å². The molecule has 1 nitrogen and oxygen atoms in total. The second-order valence-electron chi connectivity index (χ2n) is 10.2. The van der Waals surface area contributed by atoms with Crippen molar-refractivity contribution in [3.8, 4) is 11.1 Å². The number of rotatable bonds is 4. The number of benzene rings is 4. The molecule has 0 aliphatic heterocycles. The summed E-state index contributed by atoms with van der Waals surface area (Å²) >= 11 is -2.15. The fourth-order valence-electron chi connectivity index (χ4n) is 6.01. The van der Waals surface area contributed by atoms with Gasteiger partial charge in [0.1, 0.15) is 0 Å². The van der Waals surface area contributed by atoms with E-state index in [1.54, 1.807) is 13.1 Å². The molecule has 0 radical (unpaired) electrons. The maximum absolute atomic E-state index is 4.83. The van der Waals surface area contributed by atoms with E-state index in [4.69, 9.17) is 4.74 Å². The van der Waals surface area contributed by atoms with Gasteiger partial charge in [-0.25, -0.2) is 0 Å². The quantitative estimate of drug-likeness (QED) is 0.219. The van der Waals surface area contributed by atoms with Gasteiger partial charge in [0.15, 0.2) is 0 Å². The van der Waals surface area contributed by atoms with E-state index in [0.29, 0.717) is 0 Å². The molecule has 0 aromatic heterocycles. The van der Waals surface area contributed by atoms with Gasteiger partial charge in [0.25, 0.3) is 0 Å². The first kappa shape index (κ1) is 27.3. The average molecular weight is 549 g/mol. The predicted molar refractivity (Wildman–Crippen MR) is 164 cm³/mol. The summed E-state index contributed by atoms with van der Waals surface area (Å²) in [6.45, 7) is 19.4. The number of hydrogen-bond donors (Lipinski definition) is 0. The zero-order chi connectivity index (χ0) is 26.7. The van der Waals surface area contributed by atoms with Crippen molar-refractivity contribution in [1.29, 1.82) is 0 Å². The molecule has 1 aliphatic carbocycles. The second-order valence-corrected chi connectivity index (χ2v) is 14.9. The fourth-order valence-corrected chi connectivity index (χ4v) is 13.5. The van der Waals surface area contributed by atoms with E-state index in [1.165, 1.54) is 55.6 Å². The molecule has 0 saturated heterocycles. The second kappa shape index (κ2) is 11.8. The van der Waals surface area contributed by atoms with Crippen molar-refractivity contribution in [3.05, 3.63) is 117 Å². The molecule has 1 aliphatic rings. The van der Waals surface area contributed by atoms with E-state index < -0.39 is 13.9 Å². The Morgan fingerprint density at radius 3 is 1.14 bits per heavy atom. The van der Waals surface area contributed by atoms with Crippen LogP contribution in [0.25, 0.3) is 11.1 Å². The van der Waals surface area contributed by atoms with Gasteiger partial charge in [-0.1, -0.05) is 0 Å². The molecule has 5 rings (SSSR count). The minimum absolute atomic E-state index is 0.844. The van der Waals surface area contributed by atoms with Crippen LogP contribution in [0, 0.1) is 41.5 Å². The summed E-state index contributed by atoms with van der Waals surface area (Å²) < 4.78 is 9.68. The Labute approximate surface area is 228 Å². The van der Waals surface area contributed by atoms with Gasteiger partial charge >= 0.3 is 197 Å². The van der Waals surface area contributed by atoms with E-state index in [1.807, 2.05) is 13.8 Å². The Kier molecular flexibility index (Phi) is 8.67. The van der Waals surface area contributed by atoms with Crippen LogP contribution in [-0.4, -0.2) is 31.5 Å². The molecule has 0 spiro atoms. The molecule has 0 saturated carbocycles. The number of fused-ring (bicyclic) bond motifs is 3. The zero-order valence-corrected chi connectivity index (χ0v) is 25.8. The van der Waals surface area contributed by atoms with Crippen LogP contribution in [0.15, 0.2) is 72.8 Å². The summed E-state index contributed by atoms with van der Waals surface area (Å²) in [4.78, 5) is 0. The molecular formula is C35H40GeO. The topological polar surface area (TPSA) is 9.23 Å². The first-order chi connectivity index (χ1) is 17.8. The Morgan fingerprint density at radius 1 is 0.514 bits per heavy atom. The molecule has 0 atom stereocenters. The van der Waals surface area contributed by atoms with Gasteiger partial charge in [0, 0.05) is 13.2 Å². The van der Waals surface area contributed by atoms with Gasteiger partial charge in [-0.05, 0) is 13.8 Å². The molecule has 0 unspecified atom stereocenters.